The highest BCUT2D eigenvalue weighted by molar-refractivity contribution is 7.86. The van der Waals surface area contributed by atoms with E-state index >= 15 is 0 Å². The number of carbonyl (C=O) groups excluding carboxylic acids is 1. The average molecular weight is 1160 g/mol. The molecule has 428 valence electrons. The molecule has 2 heterocycles. The summed E-state index contributed by atoms with van der Waals surface area (Å²) in [5, 5.41) is 2.90. The molecule has 3 aromatic rings. The Bertz CT molecular complexity index is 3330. The van der Waals surface area contributed by atoms with Gasteiger partial charge in [-0.05, 0) is 148 Å². The number of hydrogen-bond donors (Lipinski definition) is 5. The van der Waals surface area contributed by atoms with E-state index in [4.69, 9.17) is 14.2 Å². The monoisotopic (exact) mass is 1160 g/mol. The summed E-state index contributed by atoms with van der Waals surface area (Å²) in [5.74, 6) is 0.168. The SMILES string of the molecule is CC(C)(C)COCCOCCNC(=O)CCCCC[N+]1=C(/C=C/C2=C(Oc3ccc(S(=O)(=O)O)cc3)C(=C/C=C3/N(CCCCS(=O)(=O)O)c4ccc(S(=O)(=O)O)cc4C3(C)C)/CCC2)C(C)(C)c2cc(S(=O)(=O)O)ccc21. The van der Waals surface area contributed by atoms with Gasteiger partial charge < -0.3 is 24.4 Å². The molecular weight excluding hydrogens is 1090 g/mol. The molecule has 1 aliphatic carbocycles. The van der Waals surface area contributed by atoms with Gasteiger partial charge in [0.1, 0.15) is 18.1 Å². The number of nitrogens with one attached hydrogen (secondary N) is 1. The molecule has 3 aromatic carbocycles. The number of hydrogen-bond acceptors (Lipinski definition) is 13. The van der Waals surface area contributed by atoms with Crippen LogP contribution < -0.4 is 15.0 Å². The molecule has 0 atom stereocenters. The van der Waals surface area contributed by atoms with Gasteiger partial charge in [-0.25, -0.2) is 0 Å². The number of allylic oxidation sites excluding steroid dienone is 7. The highest BCUT2D eigenvalue weighted by atomic mass is 32.2. The Labute approximate surface area is 460 Å². The molecule has 0 fully saturated rings. The fourth-order valence-corrected chi connectivity index (χ4v) is 11.9. The van der Waals surface area contributed by atoms with Crippen LogP contribution in [0.3, 0.4) is 0 Å². The summed E-state index contributed by atoms with van der Waals surface area (Å²) in [6.07, 6.45) is 12.2. The summed E-state index contributed by atoms with van der Waals surface area (Å²) in [6.45, 7) is 17.1. The molecule has 0 bridgehead atoms. The van der Waals surface area contributed by atoms with E-state index in [0.29, 0.717) is 126 Å². The smallest absolute Gasteiger partial charge is 0.294 e. The van der Waals surface area contributed by atoms with Gasteiger partial charge in [-0.1, -0.05) is 40.7 Å². The Morgan fingerprint density at radius 2 is 1.33 bits per heavy atom. The van der Waals surface area contributed by atoms with Crippen LogP contribution in [-0.2, 0) is 65.6 Å². The molecule has 0 unspecified atom stereocenters. The fraction of sp³-hybridized carbons (Fsp3) is 0.491. The Kier molecular flexibility index (Phi) is 20.0. The third-order valence-corrected chi connectivity index (χ3v) is 17.2. The van der Waals surface area contributed by atoms with Crippen LogP contribution in [0.25, 0.3) is 0 Å². The maximum atomic E-state index is 12.7. The van der Waals surface area contributed by atoms with Crippen molar-refractivity contribution in [3.05, 3.63) is 119 Å². The van der Waals surface area contributed by atoms with E-state index in [1.165, 1.54) is 48.5 Å². The van der Waals surface area contributed by atoms with Crippen molar-refractivity contribution in [1.29, 1.82) is 0 Å². The maximum absolute atomic E-state index is 12.7. The van der Waals surface area contributed by atoms with Crippen molar-refractivity contribution in [2.75, 3.05) is 56.7 Å². The number of benzene rings is 3. The van der Waals surface area contributed by atoms with Crippen LogP contribution in [0.1, 0.15) is 117 Å². The number of ether oxygens (including phenoxy) is 3. The second kappa shape index (κ2) is 25.2. The van der Waals surface area contributed by atoms with Crippen molar-refractivity contribution >= 4 is 63.5 Å². The van der Waals surface area contributed by atoms with Crippen molar-refractivity contribution in [3.8, 4) is 5.75 Å². The first-order chi connectivity index (χ1) is 36.3. The van der Waals surface area contributed by atoms with E-state index in [0.717, 1.165) is 22.5 Å². The van der Waals surface area contributed by atoms with Crippen LogP contribution in [0, 0.1) is 5.41 Å². The van der Waals surface area contributed by atoms with Crippen LogP contribution in [0.15, 0.2) is 122 Å². The number of anilines is 1. The predicted octanol–water partition coefficient (Wildman–Crippen LogP) is 8.91. The van der Waals surface area contributed by atoms with Crippen LogP contribution in [0.2, 0.25) is 0 Å². The first-order valence-corrected chi connectivity index (χ1v) is 31.8. The largest absolute Gasteiger partial charge is 0.457 e. The van der Waals surface area contributed by atoms with Crippen LogP contribution in [0.5, 0.6) is 5.75 Å². The lowest BCUT2D eigenvalue weighted by Gasteiger charge is -2.27. The lowest BCUT2D eigenvalue weighted by Crippen LogP contribution is -2.28. The molecule has 78 heavy (non-hydrogen) atoms. The molecule has 23 heteroatoms. The number of carbonyl (C=O) groups is 1. The molecule has 1 amide bonds. The van der Waals surface area contributed by atoms with E-state index in [-0.39, 0.29) is 38.2 Å². The predicted molar refractivity (Wildman–Crippen MR) is 297 cm³/mol. The standard InChI is InChI=1S/C55H73N3O16S4/c1-53(2,3)38-73-34-33-72-32-29-56-51(59)16-9-8-10-30-57-47-25-23-43(77(66,67)68)36-45(47)54(4,5)49(57)27-17-39-14-13-15-40(52(39)74-41-19-21-42(22-20-41)76(63,64)65)18-28-50-55(6,7)46-37-44(78(69,70)71)24-26-48(46)58(50)31-11-12-35-75(60,61)62/h17-28,36-37H,8-16,29-35,38H2,1-7H3,(H4-,56,59,60,61,62,63,64,65,66,67,68,69,70,71)/p+1. The zero-order valence-electron chi connectivity index (χ0n) is 45.3. The second-order valence-electron chi connectivity index (χ2n) is 22.0. The molecule has 6 rings (SSSR count). The van der Waals surface area contributed by atoms with Crippen molar-refractivity contribution in [3.63, 3.8) is 0 Å². The van der Waals surface area contributed by atoms with Gasteiger partial charge in [0, 0.05) is 60.4 Å². The highest BCUT2D eigenvalue weighted by Gasteiger charge is 2.45. The Morgan fingerprint density at radius 3 is 1.97 bits per heavy atom. The van der Waals surface area contributed by atoms with Crippen LogP contribution in [0.4, 0.5) is 11.4 Å². The first kappa shape index (κ1) is 62.1. The van der Waals surface area contributed by atoms with Crippen molar-refractivity contribution in [1.82, 2.24) is 5.32 Å². The zero-order chi connectivity index (χ0) is 57.5. The Balaban J connectivity index is 1.33. The molecule has 0 saturated heterocycles. The van der Waals surface area contributed by atoms with Gasteiger partial charge in [-0.2, -0.15) is 38.2 Å². The molecule has 19 nitrogen and oxygen atoms in total. The van der Waals surface area contributed by atoms with Gasteiger partial charge in [0.05, 0.1) is 52.3 Å². The zero-order valence-corrected chi connectivity index (χ0v) is 48.6. The third kappa shape index (κ3) is 16.5. The summed E-state index contributed by atoms with van der Waals surface area (Å²) in [6, 6.07) is 14.1. The molecule has 0 spiro atoms. The lowest BCUT2D eigenvalue weighted by atomic mass is 9.81. The minimum absolute atomic E-state index is 0.0671. The summed E-state index contributed by atoms with van der Waals surface area (Å²) >= 11 is 0. The van der Waals surface area contributed by atoms with Gasteiger partial charge in [0.25, 0.3) is 40.5 Å². The van der Waals surface area contributed by atoms with Crippen molar-refractivity contribution in [2.24, 2.45) is 5.41 Å². The van der Waals surface area contributed by atoms with E-state index in [9.17, 15) is 56.7 Å². The molecule has 3 aliphatic rings. The van der Waals surface area contributed by atoms with Crippen LogP contribution in [-0.4, -0.2) is 120 Å². The van der Waals surface area contributed by atoms with E-state index in [1.54, 1.807) is 12.1 Å². The molecule has 0 aromatic heterocycles. The minimum atomic E-state index is -4.57. The first-order valence-electron chi connectivity index (χ1n) is 25.9. The van der Waals surface area contributed by atoms with Crippen LogP contribution >= 0.6 is 0 Å². The Hall–Kier alpha value is -5.08. The van der Waals surface area contributed by atoms with Crippen molar-refractivity contribution < 1.29 is 75.5 Å². The maximum Gasteiger partial charge on any atom is 0.294 e. The van der Waals surface area contributed by atoms with Gasteiger partial charge in [0.15, 0.2) is 5.71 Å². The van der Waals surface area contributed by atoms with E-state index in [2.05, 4.69) is 30.7 Å². The molecular formula is C55H74N3O16S4+. The molecule has 2 aliphatic heterocycles. The van der Waals surface area contributed by atoms with Gasteiger partial charge >= 0.3 is 0 Å². The summed E-state index contributed by atoms with van der Waals surface area (Å²) in [5.41, 5.74) is 4.09. The van der Waals surface area contributed by atoms with Gasteiger partial charge in [-0.3, -0.25) is 23.0 Å². The van der Waals surface area contributed by atoms with Crippen molar-refractivity contribution in [2.45, 2.75) is 132 Å². The number of amides is 1. The third-order valence-electron chi connectivity index (χ3n) is 13.8. The summed E-state index contributed by atoms with van der Waals surface area (Å²) in [4.78, 5) is 13.8. The number of rotatable bonds is 26. The molecule has 5 N–H and O–H groups in total. The number of nitrogens with zero attached hydrogens (tertiary/aromatic N) is 2. The summed E-state index contributed by atoms with van der Waals surface area (Å²) in [7, 11) is -17.9. The van der Waals surface area contributed by atoms with Gasteiger partial charge in [-0.15, -0.1) is 0 Å². The quantitative estimate of drug-likeness (QED) is 0.0285. The lowest BCUT2D eigenvalue weighted by molar-refractivity contribution is -0.438. The normalized spacial score (nSPS) is 17.9. The number of fused-ring (bicyclic) bond motifs is 2. The fourth-order valence-electron chi connectivity index (χ4n) is 9.86. The van der Waals surface area contributed by atoms with E-state index in [1.807, 2.05) is 56.9 Å². The number of unbranched alkanes of at least 4 members (excludes halogenated alkanes) is 3. The molecule has 0 saturated carbocycles. The molecule has 0 radical (unpaired) electrons. The average Bonchev–Trinajstić information content (AvgIpc) is 3.90. The minimum Gasteiger partial charge on any atom is -0.457 e. The second-order valence-corrected chi connectivity index (χ2v) is 27.8. The summed E-state index contributed by atoms with van der Waals surface area (Å²) < 4.78 is 156. The Morgan fingerprint density at radius 1 is 0.705 bits per heavy atom. The van der Waals surface area contributed by atoms with Gasteiger partial charge in [0.2, 0.25) is 11.6 Å². The van der Waals surface area contributed by atoms with E-state index < -0.39 is 57.1 Å². The topological polar surface area (TPSA) is 281 Å². The highest BCUT2D eigenvalue weighted by Crippen LogP contribution is 2.49.